The Labute approximate surface area is 182 Å². The number of nitrogens with one attached hydrogen (secondary N) is 1. The zero-order valence-corrected chi connectivity index (χ0v) is 16.8. The number of nitrogens with two attached hydrogens (primary N) is 1. The van der Waals surface area contributed by atoms with Crippen molar-refractivity contribution in [3.05, 3.63) is 94.9 Å². The number of hydrogen-bond donors (Lipinski definition) is 2. The third-order valence-electron chi connectivity index (χ3n) is 4.58. The second-order valence-electron chi connectivity index (χ2n) is 6.85. The summed E-state index contributed by atoms with van der Waals surface area (Å²) in [6.45, 7) is -0.376. The van der Waals surface area contributed by atoms with Gasteiger partial charge >= 0.3 is 0 Å². The third kappa shape index (κ3) is 4.57. The van der Waals surface area contributed by atoms with Crippen LogP contribution in [0.25, 0.3) is 10.8 Å². The van der Waals surface area contributed by atoms with Gasteiger partial charge < -0.3 is 11.1 Å². The van der Waals surface area contributed by atoms with Crippen LogP contribution in [0.4, 0.5) is 17.1 Å². The minimum Gasteiger partial charge on any atom is -0.364 e. The fourth-order valence-corrected chi connectivity index (χ4v) is 3.08. The Bertz CT molecular complexity index is 1380. The molecule has 4 aromatic rings. The summed E-state index contributed by atoms with van der Waals surface area (Å²) in [5, 5.41) is 15.6. The van der Waals surface area contributed by atoms with Crippen molar-refractivity contribution in [1.82, 2.24) is 9.78 Å². The molecule has 4 rings (SSSR count). The summed E-state index contributed by atoms with van der Waals surface area (Å²) < 4.78 is 0.931. The highest BCUT2D eigenvalue weighted by Crippen LogP contribution is 2.20. The second-order valence-corrected chi connectivity index (χ2v) is 6.85. The molecule has 32 heavy (non-hydrogen) atoms. The van der Waals surface area contributed by atoms with Gasteiger partial charge in [-0.25, -0.2) is 4.68 Å². The normalized spacial score (nSPS) is 11.0. The van der Waals surface area contributed by atoms with Gasteiger partial charge in [0.15, 0.2) is 5.69 Å². The summed E-state index contributed by atoms with van der Waals surface area (Å²) in [5.74, 6) is -1.26. The maximum atomic E-state index is 12.7. The highest BCUT2D eigenvalue weighted by molar-refractivity contribution is 6.04. The Morgan fingerprint density at radius 3 is 2.09 bits per heavy atom. The van der Waals surface area contributed by atoms with E-state index in [1.807, 2.05) is 30.3 Å². The van der Waals surface area contributed by atoms with Crippen LogP contribution in [0, 0.1) is 0 Å². The van der Waals surface area contributed by atoms with Crippen molar-refractivity contribution in [2.24, 2.45) is 16.0 Å². The number of benzene rings is 3. The lowest BCUT2D eigenvalue weighted by Gasteiger charge is -2.10. The number of primary amides is 1. The molecule has 0 fully saturated rings. The van der Waals surface area contributed by atoms with Crippen molar-refractivity contribution in [1.29, 1.82) is 0 Å². The SMILES string of the molecule is NC(=O)c1nn(CC(=O)Nc2ccc(N=Nc3ccccc3)cc2)c(=O)c2ccccc12. The van der Waals surface area contributed by atoms with E-state index in [2.05, 4.69) is 20.6 Å². The van der Waals surface area contributed by atoms with Crippen molar-refractivity contribution in [3.63, 3.8) is 0 Å². The standard InChI is InChI=1S/C23H18N6O3/c24-22(31)21-18-8-4-5-9-19(18)23(32)29(28-21)14-20(30)25-15-10-12-17(13-11-15)27-26-16-6-2-1-3-7-16/h1-13H,14H2,(H2,24,31)(H,25,30). The highest BCUT2D eigenvalue weighted by Gasteiger charge is 2.16. The first-order valence-corrected chi connectivity index (χ1v) is 9.67. The van der Waals surface area contributed by atoms with Crippen molar-refractivity contribution < 1.29 is 9.59 Å². The summed E-state index contributed by atoms with van der Waals surface area (Å²) in [6, 6.07) is 22.5. The largest absolute Gasteiger partial charge is 0.364 e. The van der Waals surface area contributed by atoms with Crippen molar-refractivity contribution in [3.8, 4) is 0 Å². The van der Waals surface area contributed by atoms with Crippen LogP contribution in [0.2, 0.25) is 0 Å². The number of azo groups is 1. The molecule has 0 aliphatic carbocycles. The van der Waals surface area contributed by atoms with Crippen LogP contribution in [0.5, 0.6) is 0 Å². The van der Waals surface area contributed by atoms with Crippen LogP contribution in [-0.4, -0.2) is 21.6 Å². The van der Waals surface area contributed by atoms with Gasteiger partial charge in [-0.2, -0.15) is 15.3 Å². The highest BCUT2D eigenvalue weighted by atomic mass is 16.2. The first-order valence-electron chi connectivity index (χ1n) is 9.67. The average Bonchev–Trinajstić information content (AvgIpc) is 2.81. The molecule has 9 nitrogen and oxygen atoms in total. The number of anilines is 1. The van der Waals surface area contributed by atoms with Crippen molar-refractivity contribution >= 4 is 39.6 Å². The van der Waals surface area contributed by atoms with Crippen molar-refractivity contribution in [2.45, 2.75) is 6.54 Å². The van der Waals surface area contributed by atoms with Gasteiger partial charge in [-0.1, -0.05) is 36.4 Å². The number of carbonyl (C=O) groups excluding carboxylic acids is 2. The minimum atomic E-state index is -0.782. The Morgan fingerprint density at radius 1 is 0.844 bits per heavy atom. The molecule has 0 atom stereocenters. The van der Waals surface area contributed by atoms with Gasteiger partial charge in [0.05, 0.1) is 16.8 Å². The smallest absolute Gasteiger partial charge is 0.275 e. The third-order valence-corrected chi connectivity index (χ3v) is 4.58. The molecule has 0 saturated heterocycles. The Hall–Kier alpha value is -4.66. The average molecular weight is 426 g/mol. The Morgan fingerprint density at radius 2 is 1.44 bits per heavy atom. The van der Waals surface area contributed by atoms with E-state index < -0.39 is 17.4 Å². The zero-order valence-electron chi connectivity index (χ0n) is 16.8. The lowest BCUT2D eigenvalue weighted by molar-refractivity contribution is -0.117. The molecule has 0 unspecified atom stereocenters. The molecular formula is C23H18N6O3. The Kier molecular flexibility index (Phi) is 5.80. The van der Waals surface area contributed by atoms with Gasteiger partial charge in [0.25, 0.3) is 11.5 Å². The van der Waals surface area contributed by atoms with Gasteiger partial charge in [-0.15, -0.1) is 0 Å². The number of hydrogen-bond acceptors (Lipinski definition) is 6. The van der Waals surface area contributed by atoms with Gasteiger partial charge in [-0.05, 0) is 42.5 Å². The number of aromatic nitrogens is 2. The molecule has 0 radical (unpaired) electrons. The molecule has 158 valence electrons. The molecule has 0 saturated carbocycles. The molecule has 3 aromatic carbocycles. The lowest BCUT2D eigenvalue weighted by Crippen LogP contribution is -2.32. The zero-order chi connectivity index (χ0) is 22.5. The molecule has 0 aliphatic heterocycles. The first kappa shape index (κ1) is 20.6. The number of amides is 2. The van der Waals surface area contributed by atoms with Gasteiger partial charge in [0.2, 0.25) is 5.91 Å². The second kappa shape index (κ2) is 9.00. The molecule has 0 aliphatic rings. The maximum Gasteiger partial charge on any atom is 0.275 e. The molecule has 2 amide bonds. The maximum absolute atomic E-state index is 12.7. The molecule has 1 heterocycles. The Balaban J connectivity index is 1.49. The topological polar surface area (TPSA) is 132 Å². The van der Waals surface area contributed by atoms with E-state index >= 15 is 0 Å². The monoisotopic (exact) mass is 426 g/mol. The summed E-state index contributed by atoms with van der Waals surface area (Å²) >= 11 is 0. The first-order chi connectivity index (χ1) is 15.5. The van der Waals surface area contributed by atoms with E-state index in [-0.39, 0.29) is 17.6 Å². The van der Waals surface area contributed by atoms with E-state index in [9.17, 15) is 14.4 Å². The fourth-order valence-electron chi connectivity index (χ4n) is 3.08. The quantitative estimate of drug-likeness (QED) is 0.456. The summed E-state index contributed by atoms with van der Waals surface area (Å²) in [4.78, 5) is 36.9. The van der Waals surface area contributed by atoms with Crippen LogP contribution in [0.1, 0.15) is 10.5 Å². The van der Waals surface area contributed by atoms with Crippen molar-refractivity contribution in [2.75, 3.05) is 5.32 Å². The molecule has 0 spiro atoms. The van der Waals surface area contributed by atoms with Crippen LogP contribution in [0.15, 0.2) is 93.9 Å². The molecule has 9 heteroatoms. The van der Waals surface area contributed by atoms with Crippen LogP contribution in [0.3, 0.4) is 0 Å². The van der Waals surface area contributed by atoms with E-state index in [1.54, 1.807) is 48.5 Å². The molecule has 3 N–H and O–H groups in total. The van der Waals surface area contributed by atoms with E-state index in [0.717, 1.165) is 10.4 Å². The fraction of sp³-hybridized carbons (Fsp3) is 0.0435. The van der Waals surface area contributed by atoms with Gasteiger partial charge in [0, 0.05) is 11.1 Å². The van der Waals surface area contributed by atoms with Gasteiger partial charge in [-0.3, -0.25) is 14.4 Å². The van der Waals surface area contributed by atoms with Crippen LogP contribution < -0.4 is 16.6 Å². The number of rotatable bonds is 6. The molecule has 0 bridgehead atoms. The molecular weight excluding hydrogens is 408 g/mol. The van der Waals surface area contributed by atoms with Crippen LogP contribution >= 0.6 is 0 Å². The number of nitrogens with zero attached hydrogens (tertiary/aromatic N) is 4. The summed E-state index contributed by atoms with van der Waals surface area (Å²) in [5.41, 5.74) is 6.70. The number of fused-ring (bicyclic) bond motifs is 1. The predicted octanol–water partition coefficient (Wildman–Crippen LogP) is 3.55. The number of carbonyl (C=O) groups is 2. The van der Waals surface area contributed by atoms with E-state index in [1.165, 1.54) is 0 Å². The van der Waals surface area contributed by atoms with Crippen LogP contribution in [-0.2, 0) is 11.3 Å². The summed E-state index contributed by atoms with van der Waals surface area (Å²) in [6.07, 6.45) is 0. The lowest BCUT2D eigenvalue weighted by atomic mass is 10.1. The predicted molar refractivity (Wildman–Crippen MR) is 120 cm³/mol. The van der Waals surface area contributed by atoms with E-state index in [4.69, 9.17) is 5.73 Å². The van der Waals surface area contributed by atoms with E-state index in [0.29, 0.717) is 16.8 Å². The van der Waals surface area contributed by atoms with Gasteiger partial charge in [0.1, 0.15) is 6.54 Å². The molecule has 1 aromatic heterocycles. The minimum absolute atomic E-state index is 0.0684. The summed E-state index contributed by atoms with van der Waals surface area (Å²) in [7, 11) is 0.